The number of aromatic carboxylic acids is 1. The first-order chi connectivity index (χ1) is 7.54. The fourth-order valence-corrected chi connectivity index (χ4v) is 2.02. The van der Waals surface area contributed by atoms with Crippen LogP contribution in [0.1, 0.15) is 10.4 Å². The number of carboxylic acids is 1. The van der Waals surface area contributed by atoms with E-state index in [1.54, 1.807) is 12.1 Å². The largest absolute Gasteiger partial charge is 0.478 e. The Labute approximate surface area is 96.9 Å². The first-order valence-corrected chi connectivity index (χ1v) is 5.57. The summed E-state index contributed by atoms with van der Waals surface area (Å²) in [5, 5.41) is 26.7. The van der Waals surface area contributed by atoms with Gasteiger partial charge in [-0.05, 0) is 18.2 Å². The second-order valence-corrected chi connectivity index (χ2v) is 4.27. The van der Waals surface area contributed by atoms with Gasteiger partial charge in [-0.15, -0.1) is 11.8 Å². The summed E-state index contributed by atoms with van der Waals surface area (Å²) >= 11 is 1.17. The quantitative estimate of drug-likeness (QED) is 0.441. The van der Waals surface area contributed by atoms with Gasteiger partial charge < -0.3 is 21.1 Å². The average molecular weight is 243 g/mol. The Morgan fingerprint density at radius 2 is 2.19 bits per heavy atom. The lowest BCUT2D eigenvalue weighted by Crippen LogP contribution is -2.15. The maximum atomic E-state index is 10.9. The molecule has 0 amide bonds. The molecule has 0 radical (unpaired) electrons. The minimum absolute atomic E-state index is 0.107. The molecule has 0 aliphatic rings. The summed E-state index contributed by atoms with van der Waals surface area (Å²) in [6.07, 6.45) is -0.857. The van der Waals surface area contributed by atoms with Crippen LogP contribution in [0.5, 0.6) is 0 Å². The van der Waals surface area contributed by atoms with Crippen molar-refractivity contribution in [2.24, 2.45) is 0 Å². The summed E-state index contributed by atoms with van der Waals surface area (Å²) in [4.78, 5) is 11.4. The molecule has 16 heavy (non-hydrogen) atoms. The predicted molar refractivity (Wildman–Crippen MR) is 61.6 cm³/mol. The lowest BCUT2D eigenvalue weighted by atomic mass is 10.2. The van der Waals surface area contributed by atoms with Gasteiger partial charge in [0.05, 0.1) is 18.3 Å². The van der Waals surface area contributed by atoms with E-state index in [1.165, 1.54) is 17.8 Å². The third-order valence-corrected chi connectivity index (χ3v) is 3.09. The van der Waals surface area contributed by atoms with Gasteiger partial charge in [0.2, 0.25) is 0 Å². The lowest BCUT2D eigenvalue weighted by molar-refractivity contribution is 0.0693. The summed E-state index contributed by atoms with van der Waals surface area (Å²) in [7, 11) is 0. The van der Waals surface area contributed by atoms with Crippen LogP contribution in [0.4, 0.5) is 5.69 Å². The Bertz CT molecular complexity index is 383. The van der Waals surface area contributed by atoms with Crippen molar-refractivity contribution in [3.05, 3.63) is 23.8 Å². The highest BCUT2D eigenvalue weighted by Crippen LogP contribution is 2.25. The van der Waals surface area contributed by atoms with Crippen molar-refractivity contribution in [2.45, 2.75) is 11.0 Å². The average Bonchev–Trinajstić information content (AvgIpc) is 2.26. The number of thioether (sulfide) groups is 1. The topological polar surface area (TPSA) is 104 Å². The molecule has 88 valence electrons. The smallest absolute Gasteiger partial charge is 0.336 e. The minimum Gasteiger partial charge on any atom is -0.478 e. The summed E-state index contributed by atoms with van der Waals surface area (Å²) < 4.78 is 0. The van der Waals surface area contributed by atoms with Crippen LogP contribution in [0.3, 0.4) is 0 Å². The fourth-order valence-electron chi connectivity index (χ4n) is 1.08. The second-order valence-electron chi connectivity index (χ2n) is 3.21. The molecule has 0 aliphatic carbocycles. The molecule has 0 saturated heterocycles. The molecule has 1 unspecified atom stereocenters. The highest BCUT2D eigenvalue weighted by atomic mass is 32.2. The van der Waals surface area contributed by atoms with Crippen LogP contribution in [0.15, 0.2) is 23.1 Å². The third-order valence-electron chi connectivity index (χ3n) is 1.88. The maximum absolute atomic E-state index is 10.9. The van der Waals surface area contributed by atoms with Crippen molar-refractivity contribution >= 4 is 23.4 Å². The molecule has 0 spiro atoms. The highest BCUT2D eigenvalue weighted by molar-refractivity contribution is 7.99. The van der Waals surface area contributed by atoms with E-state index < -0.39 is 12.1 Å². The molecule has 0 aromatic heterocycles. The molecule has 1 aromatic carbocycles. The van der Waals surface area contributed by atoms with Gasteiger partial charge in [-0.3, -0.25) is 0 Å². The fraction of sp³-hybridized carbons (Fsp3) is 0.300. The minimum atomic E-state index is -1.06. The number of hydrogen-bond donors (Lipinski definition) is 4. The summed E-state index contributed by atoms with van der Waals surface area (Å²) in [6.45, 7) is -0.343. The molecular formula is C10H13NO4S. The van der Waals surface area contributed by atoms with Crippen LogP contribution >= 0.6 is 11.8 Å². The van der Waals surface area contributed by atoms with Crippen molar-refractivity contribution in [1.82, 2.24) is 0 Å². The number of carboxylic acid groups (broad SMARTS) is 1. The van der Waals surface area contributed by atoms with Gasteiger partial charge in [0, 0.05) is 16.3 Å². The molecule has 1 atom stereocenters. The predicted octanol–water partition coefficient (Wildman–Crippen LogP) is 0.412. The molecule has 6 heteroatoms. The highest BCUT2D eigenvalue weighted by Gasteiger charge is 2.12. The number of hydrogen-bond acceptors (Lipinski definition) is 5. The molecule has 0 bridgehead atoms. The molecule has 0 aliphatic heterocycles. The Hall–Kier alpha value is -1.24. The number of anilines is 1. The van der Waals surface area contributed by atoms with E-state index in [2.05, 4.69) is 0 Å². The van der Waals surface area contributed by atoms with E-state index in [0.29, 0.717) is 10.6 Å². The van der Waals surface area contributed by atoms with Crippen molar-refractivity contribution in [2.75, 3.05) is 18.1 Å². The molecule has 0 heterocycles. The van der Waals surface area contributed by atoms with Gasteiger partial charge >= 0.3 is 5.97 Å². The van der Waals surface area contributed by atoms with Gasteiger partial charge in [-0.25, -0.2) is 4.79 Å². The summed E-state index contributed by atoms with van der Waals surface area (Å²) in [5.41, 5.74) is 5.97. The van der Waals surface area contributed by atoms with Gasteiger partial charge in [-0.2, -0.15) is 0 Å². The molecule has 0 fully saturated rings. The molecule has 5 nitrogen and oxygen atoms in total. The van der Waals surface area contributed by atoms with Gasteiger partial charge in [0.25, 0.3) is 0 Å². The number of rotatable bonds is 5. The van der Waals surface area contributed by atoms with E-state index in [0.717, 1.165) is 0 Å². The summed E-state index contributed by atoms with van der Waals surface area (Å²) in [5.74, 6) is -0.825. The molecule has 1 aromatic rings. The molecule has 0 saturated carbocycles. The van der Waals surface area contributed by atoms with E-state index >= 15 is 0 Å². The zero-order valence-corrected chi connectivity index (χ0v) is 9.28. The standard InChI is InChI=1S/C10H13NO4S/c11-6-1-2-9(8(3-6)10(14)15)16-5-7(13)4-12/h1-3,7,12-13H,4-5,11H2,(H,14,15). The van der Waals surface area contributed by atoms with Crippen molar-refractivity contribution in [3.8, 4) is 0 Å². The zero-order chi connectivity index (χ0) is 12.1. The van der Waals surface area contributed by atoms with Crippen LogP contribution < -0.4 is 5.73 Å². The van der Waals surface area contributed by atoms with E-state index in [9.17, 15) is 4.79 Å². The van der Waals surface area contributed by atoms with E-state index in [-0.39, 0.29) is 17.9 Å². The zero-order valence-electron chi connectivity index (χ0n) is 8.46. The Kier molecular flexibility index (Phi) is 4.60. The van der Waals surface area contributed by atoms with Crippen molar-refractivity contribution < 1.29 is 20.1 Å². The van der Waals surface area contributed by atoms with Gasteiger partial charge in [0.15, 0.2) is 0 Å². The lowest BCUT2D eigenvalue weighted by Gasteiger charge is -2.09. The van der Waals surface area contributed by atoms with Crippen molar-refractivity contribution in [3.63, 3.8) is 0 Å². The van der Waals surface area contributed by atoms with Crippen molar-refractivity contribution in [1.29, 1.82) is 0 Å². The maximum Gasteiger partial charge on any atom is 0.336 e. The van der Waals surface area contributed by atoms with Crippen LogP contribution in [-0.2, 0) is 0 Å². The first kappa shape index (κ1) is 12.8. The van der Waals surface area contributed by atoms with Crippen LogP contribution in [0.2, 0.25) is 0 Å². The Morgan fingerprint density at radius 1 is 1.50 bits per heavy atom. The number of nitrogen functional groups attached to an aromatic ring is 1. The van der Waals surface area contributed by atoms with Crippen LogP contribution in [-0.4, -0.2) is 39.8 Å². The summed E-state index contributed by atoms with van der Waals surface area (Å²) in [6, 6.07) is 4.56. The number of carbonyl (C=O) groups is 1. The Morgan fingerprint density at radius 3 is 2.75 bits per heavy atom. The van der Waals surface area contributed by atoms with Gasteiger partial charge in [-0.1, -0.05) is 0 Å². The molecular weight excluding hydrogens is 230 g/mol. The van der Waals surface area contributed by atoms with E-state index in [1.807, 2.05) is 0 Å². The molecule has 5 N–H and O–H groups in total. The number of benzene rings is 1. The Balaban J connectivity index is 2.82. The SMILES string of the molecule is Nc1ccc(SCC(O)CO)c(C(=O)O)c1. The normalized spacial score (nSPS) is 12.4. The monoisotopic (exact) mass is 243 g/mol. The number of aliphatic hydroxyl groups excluding tert-OH is 2. The third kappa shape index (κ3) is 3.41. The number of aliphatic hydroxyl groups is 2. The van der Waals surface area contributed by atoms with Crippen LogP contribution in [0.25, 0.3) is 0 Å². The first-order valence-electron chi connectivity index (χ1n) is 4.59. The van der Waals surface area contributed by atoms with Crippen LogP contribution in [0, 0.1) is 0 Å². The number of nitrogens with two attached hydrogens (primary N) is 1. The second kappa shape index (κ2) is 5.74. The van der Waals surface area contributed by atoms with Gasteiger partial charge in [0.1, 0.15) is 0 Å². The van der Waals surface area contributed by atoms with E-state index in [4.69, 9.17) is 21.1 Å². The molecule has 1 rings (SSSR count).